The molecule has 26 heavy (non-hydrogen) atoms. The highest BCUT2D eigenvalue weighted by molar-refractivity contribution is 5.79. The summed E-state index contributed by atoms with van der Waals surface area (Å²) in [6, 6.07) is 5.60. The Labute approximate surface area is 151 Å². The van der Waals surface area contributed by atoms with Crippen LogP contribution in [0, 0.1) is 0 Å². The number of nitrogens with one attached hydrogen (secondary N) is 1. The molecular weight excluding hydrogens is 336 g/mol. The molecular formula is C18H22N4O4. The van der Waals surface area contributed by atoms with Crippen LogP contribution < -0.4 is 19.5 Å². The van der Waals surface area contributed by atoms with Crippen LogP contribution in [0.25, 0.3) is 11.0 Å². The molecule has 1 N–H and O–H groups in total. The number of hydrogen-bond acceptors (Lipinski definition) is 7. The molecule has 8 heteroatoms. The molecule has 0 unspecified atom stereocenters. The van der Waals surface area contributed by atoms with Gasteiger partial charge in [0.15, 0.2) is 11.5 Å². The fourth-order valence-electron chi connectivity index (χ4n) is 2.70. The van der Waals surface area contributed by atoms with Crippen LogP contribution in [0.4, 0.5) is 11.5 Å². The Morgan fingerprint density at radius 1 is 0.962 bits per heavy atom. The van der Waals surface area contributed by atoms with Gasteiger partial charge in [-0.3, -0.25) is 0 Å². The van der Waals surface area contributed by atoms with Crippen LogP contribution >= 0.6 is 0 Å². The number of nitrogens with zero attached hydrogens (tertiary/aromatic N) is 3. The van der Waals surface area contributed by atoms with Gasteiger partial charge in [0.05, 0.1) is 46.0 Å². The smallest absolute Gasteiger partial charge is 0.203 e. The third-order valence-electron chi connectivity index (χ3n) is 3.98. The summed E-state index contributed by atoms with van der Waals surface area (Å²) in [6.45, 7) is 1.34. The lowest BCUT2D eigenvalue weighted by atomic mass is 10.2. The Morgan fingerprint density at radius 3 is 2.31 bits per heavy atom. The van der Waals surface area contributed by atoms with Gasteiger partial charge < -0.3 is 28.8 Å². The molecule has 3 aromatic rings. The zero-order chi connectivity index (χ0) is 18.5. The SMILES string of the molecule is COCCn1cnc2cnc(Nc3cc(OC)c(OC)c(OC)c3)cc21. The molecule has 2 aromatic heterocycles. The number of aromatic nitrogens is 3. The average molecular weight is 358 g/mol. The summed E-state index contributed by atoms with van der Waals surface area (Å²) in [5.74, 6) is 2.37. The van der Waals surface area contributed by atoms with Crippen molar-refractivity contribution in [3.05, 3.63) is 30.7 Å². The summed E-state index contributed by atoms with van der Waals surface area (Å²) in [5.41, 5.74) is 2.58. The second-order valence-corrected chi connectivity index (χ2v) is 5.53. The fraction of sp³-hybridized carbons (Fsp3) is 0.333. The molecule has 0 fully saturated rings. The third kappa shape index (κ3) is 3.50. The van der Waals surface area contributed by atoms with Gasteiger partial charge >= 0.3 is 0 Å². The number of imidazole rings is 1. The van der Waals surface area contributed by atoms with Crippen molar-refractivity contribution < 1.29 is 18.9 Å². The minimum Gasteiger partial charge on any atom is -0.493 e. The van der Waals surface area contributed by atoms with Gasteiger partial charge in [0.25, 0.3) is 0 Å². The second-order valence-electron chi connectivity index (χ2n) is 5.53. The lowest BCUT2D eigenvalue weighted by molar-refractivity contribution is 0.188. The van der Waals surface area contributed by atoms with E-state index in [4.69, 9.17) is 18.9 Å². The largest absolute Gasteiger partial charge is 0.493 e. The van der Waals surface area contributed by atoms with E-state index in [0.29, 0.717) is 29.7 Å². The van der Waals surface area contributed by atoms with E-state index < -0.39 is 0 Å². The van der Waals surface area contributed by atoms with E-state index in [1.54, 1.807) is 41.0 Å². The van der Waals surface area contributed by atoms with Crippen molar-refractivity contribution in [2.24, 2.45) is 0 Å². The Morgan fingerprint density at radius 2 is 1.69 bits per heavy atom. The Bertz CT molecular complexity index is 869. The van der Waals surface area contributed by atoms with Gasteiger partial charge in [-0.2, -0.15) is 0 Å². The molecule has 3 rings (SSSR count). The van der Waals surface area contributed by atoms with E-state index in [-0.39, 0.29) is 0 Å². The maximum absolute atomic E-state index is 5.38. The molecule has 0 amide bonds. The first kappa shape index (κ1) is 17.8. The fourth-order valence-corrected chi connectivity index (χ4v) is 2.70. The standard InChI is InChI=1S/C18H22N4O4/c1-23-6-5-22-11-20-13-10-19-17(9-14(13)22)21-12-7-15(24-2)18(26-4)16(8-12)25-3/h7-11H,5-6H2,1-4H3,(H,19,21). The van der Waals surface area contributed by atoms with Crippen LogP contribution in [0.1, 0.15) is 0 Å². The molecule has 0 bridgehead atoms. The molecule has 0 atom stereocenters. The highest BCUT2D eigenvalue weighted by atomic mass is 16.5. The zero-order valence-corrected chi connectivity index (χ0v) is 15.3. The number of hydrogen-bond donors (Lipinski definition) is 1. The summed E-state index contributed by atoms with van der Waals surface area (Å²) in [5, 5.41) is 3.27. The quantitative estimate of drug-likeness (QED) is 0.663. The number of ether oxygens (including phenoxy) is 4. The van der Waals surface area contributed by atoms with E-state index >= 15 is 0 Å². The average Bonchev–Trinajstić information content (AvgIpc) is 3.07. The predicted molar refractivity (Wildman–Crippen MR) is 98.8 cm³/mol. The van der Waals surface area contributed by atoms with Crippen LogP contribution in [-0.4, -0.2) is 49.6 Å². The van der Waals surface area contributed by atoms with Crippen LogP contribution in [0.3, 0.4) is 0 Å². The number of pyridine rings is 1. The summed E-state index contributed by atoms with van der Waals surface area (Å²) >= 11 is 0. The van der Waals surface area contributed by atoms with E-state index in [0.717, 1.165) is 23.3 Å². The summed E-state index contributed by atoms with van der Waals surface area (Å²) in [4.78, 5) is 8.78. The normalized spacial score (nSPS) is 10.8. The first-order valence-electron chi connectivity index (χ1n) is 8.07. The highest BCUT2D eigenvalue weighted by Gasteiger charge is 2.14. The van der Waals surface area contributed by atoms with Gasteiger partial charge in [0.2, 0.25) is 5.75 Å². The summed E-state index contributed by atoms with van der Waals surface area (Å²) < 4.78 is 23.3. The van der Waals surface area contributed by atoms with Gasteiger partial charge in [-0.1, -0.05) is 0 Å². The molecule has 0 spiro atoms. The van der Waals surface area contributed by atoms with Gasteiger partial charge in [-0.05, 0) is 0 Å². The molecule has 0 aliphatic rings. The Kier molecular flexibility index (Phi) is 5.43. The lowest BCUT2D eigenvalue weighted by Gasteiger charge is -2.15. The number of anilines is 2. The third-order valence-corrected chi connectivity index (χ3v) is 3.98. The van der Waals surface area contributed by atoms with Crippen LogP contribution in [-0.2, 0) is 11.3 Å². The van der Waals surface area contributed by atoms with E-state index in [1.165, 1.54) is 0 Å². The summed E-state index contributed by atoms with van der Waals surface area (Å²) in [6.07, 6.45) is 3.52. The van der Waals surface area contributed by atoms with Crippen molar-refractivity contribution in [2.75, 3.05) is 40.4 Å². The van der Waals surface area contributed by atoms with Crippen molar-refractivity contribution in [3.8, 4) is 17.2 Å². The minimum absolute atomic E-state index is 0.543. The molecule has 1 aromatic carbocycles. The molecule has 2 heterocycles. The van der Waals surface area contributed by atoms with Gasteiger partial charge in [0.1, 0.15) is 11.3 Å². The zero-order valence-electron chi connectivity index (χ0n) is 15.3. The van der Waals surface area contributed by atoms with E-state index in [9.17, 15) is 0 Å². The first-order valence-corrected chi connectivity index (χ1v) is 8.07. The van der Waals surface area contributed by atoms with Crippen molar-refractivity contribution in [3.63, 3.8) is 0 Å². The molecule has 0 saturated carbocycles. The number of rotatable bonds is 8. The topological polar surface area (TPSA) is 79.7 Å². The first-order chi connectivity index (χ1) is 12.7. The van der Waals surface area contributed by atoms with Crippen molar-refractivity contribution in [2.45, 2.75) is 6.54 Å². The number of fused-ring (bicyclic) bond motifs is 1. The number of benzene rings is 1. The number of methoxy groups -OCH3 is 4. The van der Waals surface area contributed by atoms with Gasteiger partial charge in [-0.25, -0.2) is 9.97 Å². The molecule has 0 aliphatic heterocycles. The van der Waals surface area contributed by atoms with Crippen LogP contribution in [0.5, 0.6) is 17.2 Å². The van der Waals surface area contributed by atoms with Gasteiger partial charge in [-0.15, -0.1) is 0 Å². The van der Waals surface area contributed by atoms with Crippen molar-refractivity contribution in [1.82, 2.24) is 14.5 Å². The van der Waals surface area contributed by atoms with Gasteiger partial charge in [0, 0.05) is 37.5 Å². The Hall–Kier alpha value is -3.00. The Balaban J connectivity index is 1.93. The maximum atomic E-state index is 5.38. The monoisotopic (exact) mass is 358 g/mol. The highest BCUT2D eigenvalue weighted by Crippen LogP contribution is 2.40. The molecule has 138 valence electrons. The van der Waals surface area contributed by atoms with E-state index in [1.807, 2.05) is 22.8 Å². The molecule has 0 aliphatic carbocycles. The molecule has 0 radical (unpaired) electrons. The van der Waals surface area contributed by atoms with Crippen molar-refractivity contribution in [1.29, 1.82) is 0 Å². The minimum atomic E-state index is 0.543. The van der Waals surface area contributed by atoms with E-state index in [2.05, 4.69) is 15.3 Å². The maximum Gasteiger partial charge on any atom is 0.203 e. The predicted octanol–water partition coefficient (Wildman–Crippen LogP) is 2.85. The molecule has 8 nitrogen and oxygen atoms in total. The van der Waals surface area contributed by atoms with Crippen molar-refractivity contribution >= 4 is 22.5 Å². The lowest BCUT2D eigenvalue weighted by Crippen LogP contribution is -2.03. The van der Waals surface area contributed by atoms with Crippen LogP contribution in [0.15, 0.2) is 30.7 Å². The van der Waals surface area contributed by atoms with Crippen LogP contribution in [0.2, 0.25) is 0 Å². The summed E-state index contributed by atoms with van der Waals surface area (Å²) in [7, 11) is 6.42. The molecule has 0 saturated heterocycles. The second kappa shape index (κ2) is 7.92.